The largest absolute Gasteiger partial charge is 0.354 e. The van der Waals surface area contributed by atoms with Gasteiger partial charge in [-0.3, -0.25) is 19.7 Å². The van der Waals surface area contributed by atoms with Crippen molar-refractivity contribution in [2.24, 2.45) is 0 Å². The van der Waals surface area contributed by atoms with Gasteiger partial charge in [-0.15, -0.1) is 0 Å². The molecule has 0 bridgehead atoms. The van der Waals surface area contributed by atoms with E-state index >= 15 is 0 Å². The van der Waals surface area contributed by atoms with Crippen LogP contribution in [0.15, 0.2) is 18.2 Å². The smallest absolute Gasteiger partial charge is 0.249 e. The number of amides is 3. The molecule has 1 unspecified atom stereocenters. The van der Waals surface area contributed by atoms with Crippen LogP contribution in [0.25, 0.3) is 0 Å². The van der Waals surface area contributed by atoms with Gasteiger partial charge in [-0.2, -0.15) is 0 Å². The van der Waals surface area contributed by atoms with Crippen molar-refractivity contribution in [3.8, 4) is 0 Å². The van der Waals surface area contributed by atoms with Gasteiger partial charge in [0, 0.05) is 39.6 Å². The highest BCUT2D eigenvalue weighted by Crippen LogP contribution is 2.15. The second-order valence-electron chi connectivity index (χ2n) is 6.37. The van der Waals surface area contributed by atoms with Crippen LogP contribution in [0.2, 0.25) is 0 Å². The van der Waals surface area contributed by atoms with Crippen molar-refractivity contribution >= 4 is 23.5 Å². The number of imide groups is 1. The Hall–Kier alpha value is -2.48. The Morgan fingerprint density at radius 2 is 2.08 bits per heavy atom. The van der Waals surface area contributed by atoms with Crippen LogP contribution in [0.1, 0.15) is 18.5 Å². The van der Waals surface area contributed by atoms with E-state index in [1.165, 1.54) is 4.90 Å². The monoisotopic (exact) mass is 345 g/mol. The summed E-state index contributed by atoms with van der Waals surface area (Å²) in [5.41, 5.74) is 0.681. The van der Waals surface area contributed by atoms with Gasteiger partial charge in [-0.25, -0.2) is 4.98 Å². The Kier molecular flexibility index (Phi) is 5.28. The number of nitrogens with zero attached hydrogens (tertiary/aromatic N) is 3. The number of pyridine rings is 1. The zero-order valence-electron chi connectivity index (χ0n) is 14.3. The van der Waals surface area contributed by atoms with Crippen molar-refractivity contribution in [3.05, 3.63) is 23.9 Å². The van der Waals surface area contributed by atoms with Crippen molar-refractivity contribution in [2.45, 2.75) is 25.3 Å². The molecule has 3 rings (SSSR count). The second-order valence-corrected chi connectivity index (χ2v) is 6.37. The van der Waals surface area contributed by atoms with Crippen molar-refractivity contribution in [1.29, 1.82) is 0 Å². The van der Waals surface area contributed by atoms with Crippen molar-refractivity contribution in [3.63, 3.8) is 0 Å². The third-order valence-corrected chi connectivity index (χ3v) is 4.64. The van der Waals surface area contributed by atoms with Gasteiger partial charge in [-0.1, -0.05) is 6.07 Å². The maximum atomic E-state index is 12.5. The van der Waals surface area contributed by atoms with Crippen molar-refractivity contribution < 1.29 is 14.4 Å². The first-order valence-electron chi connectivity index (χ1n) is 8.55. The SMILES string of the molecule is CN(C(=O)Cc1cccc(N2CCNCC2)n1)C1CCC(=O)NC1=O. The molecule has 1 aromatic rings. The van der Waals surface area contributed by atoms with Crippen LogP contribution in [-0.4, -0.2) is 66.9 Å². The lowest BCUT2D eigenvalue weighted by Gasteiger charge is -2.30. The number of anilines is 1. The summed E-state index contributed by atoms with van der Waals surface area (Å²) >= 11 is 0. The number of hydrogen-bond donors (Lipinski definition) is 2. The number of rotatable bonds is 4. The average Bonchev–Trinajstić information content (AvgIpc) is 2.62. The molecule has 0 spiro atoms. The van der Waals surface area contributed by atoms with Crippen LogP contribution in [-0.2, 0) is 20.8 Å². The number of hydrogen-bond acceptors (Lipinski definition) is 6. The van der Waals surface area contributed by atoms with Gasteiger partial charge in [0.05, 0.1) is 12.1 Å². The van der Waals surface area contributed by atoms with E-state index in [1.54, 1.807) is 7.05 Å². The predicted octanol–water partition coefficient (Wildman–Crippen LogP) is -0.703. The number of piperidine rings is 1. The molecule has 2 N–H and O–H groups in total. The molecule has 8 heteroatoms. The lowest BCUT2D eigenvalue weighted by atomic mass is 10.0. The number of carbonyl (C=O) groups is 3. The molecule has 2 aliphatic rings. The Labute approximate surface area is 146 Å². The van der Waals surface area contributed by atoms with E-state index in [-0.39, 0.29) is 24.7 Å². The molecule has 1 atom stereocenters. The molecule has 25 heavy (non-hydrogen) atoms. The zero-order chi connectivity index (χ0) is 17.8. The molecule has 2 fully saturated rings. The Bertz CT molecular complexity index is 672. The lowest BCUT2D eigenvalue weighted by Crippen LogP contribution is -2.53. The third kappa shape index (κ3) is 4.14. The van der Waals surface area contributed by atoms with Crippen LogP contribution >= 0.6 is 0 Å². The maximum Gasteiger partial charge on any atom is 0.249 e. The number of likely N-dealkylation sites (N-methyl/N-ethyl adjacent to an activating group) is 1. The van der Waals surface area contributed by atoms with Gasteiger partial charge in [0.1, 0.15) is 11.9 Å². The van der Waals surface area contributed by atoms with Gasteiger partial charge in [0.2, 0.25) is 17.7 Å². The summed E-state index contributed by atoms with van der Waals surface area (Å²) in [4.78, 5) is 43.9. The fourth-order valence-electron chi connectivity index (χ4n) is 3.14. The minimum absolute atomic E-state index is 0.133. The van der Waals surface area contributed by atoms with E-state index in [9.17, 15) is 14.4 Å². The molecule has 134 valence electrons. The lowest BCUT2D eigenvalue weighted by molar-refractivity contribution is -0.144. The first-order chi connectivity index (χ1) is 12.0. The highest BCUT2D eigenvalue weighted by molar-refractivity contribution is 6.01. The number of nitrogens with one attached hydrogen (secondary N) is 2. The number of carbonyl (C=O) groups excluding carboxylic acids is 3. The van der Waals surface area contributed by atoms with E-state index in [0.717, 1.165) is 32.0 Å². The molecule has 2 saturated heterocycles. The van der Waals surface area contributed by atoms with E-state index in [2.05, 4.69) is 20.5 Å². The molecule has 3 amide bonds. The fraction of sp³-hybridized carbons (Fsp3) is 0.529. The normalized spacial score (nSPS) is 21.0. The summed E-state index contributed by atoms with van der Waals surface area (Å²) < 4.78 is 0. The average molecular weight is 345 g/mol. The van der Waals surface area contributed by atoms with E-state index in [0.29, 0.717) is 12.1 Å². The van der Waals surface area contributed by atoms with Crippen LogP contribution in [0.3, 0.4) is 0 Å². The molecular weight excluding hydrogens is 322 g/mol. The zero-order valence-corrected chi connectivity index (χ0v) is 14.3. The maximum absolute atomic E-state index is 12.5. The molecule has 0 aliphatic carbocycles. The molecule has 0 aromatic carbocycles. The molecule has 1 aromatic heterocycles. The molecule has 3 heterocycles. The molecule has 0 saturated carbocycles. The Balaban J connectivity index is 1.64. The van der Waals surface area contributed by atoms with Crippen LogP contribution in [0.5, 0.6) is 0 Å². The van der Waals surface area contributed by atoms with Gasteiger partial charge in [0.15, 0.2) is 0 Å². The minimum Gasteiger partial charge on any atom is -0.354 e. The van der Waals surface area contributed by atoms with Gasteiger partial charge >= 0.3 is 0 Å². The summed E-state index contributed by atoms with van der Waals surface area (Å²) in [6.45, 7) is 3.62. The second kappa shape index (κ2) is 7.60. The minimum atomic E-state index is -0.596. The van der Waals surface area contributed by atoms with Crippen molar-refractivity contribution in [2.75, 3.05) is 38.1 Å². The number of aromatic nitrogens is 1. The topological polar surface area (TPSA) is 94.6 Å². The quantitative estimate of drug-likeness (QED) is 0.701. The Morgan fingerprint density at radius 1 is 1.32 bits per heavy atom. The van der Waals surface area contributed by atoms with Crippen molar-refractivity contribution in [1.82, 2.24) is 20.5 Å². The van der Waals surface area contributed by atoms with E-state index in [4.69, 9.17) is 0 Å². The highest BCUT2D eigenvalue weighted by atomic mass is 16.2. The molecule has 2 aliphatic heterocycles. The van der Waals surface area contributed by atoms with Gasteiger partial charge < -0.3 is 15.1 Å². The van der Waals surface area contributed by atoms with Crippen LogP contribution in [0.4, 0.5) is 5.82 Å². The summed E-state index contributed by atoms with van der Waals surface area (Å²) in [7, 11) is 1.60. The van der Waals surface area contributed by atoms with Gasteiger partial charge in [-0.05, 0) is 18.6 Å². The van der Waals surface area contributed by atoms with Crippen LogP contribution < -0.4 is 15.5 Å². The molecule has 8 nitrogen and oxygen atoms in total. The fourth-order valence-corrected chi connectivity index (χ4v) is 3.14. The van der Waals surface area contributed by atoms with Crippen LogP contribution in [0, 0.1) is 0 Å². The van der Waals surface area contributed by atoms with E-state index in [1.807, 2.05) is 18.2 Å². The first kappa shape index (κ1) is 17.3. The van der Waals surface area contributed by atoms with Gasteiger partial charge in [0.25, 0.3) is 0 Å². The number of piperazine rings is 1. The highest BCUT2D eigenvalue weighted by Gasteiger charge is 2.32. The predicted molar refractivity (Wildman–Crippen MR) is 92.0 cm³/mol. The molecular formula is C17H23N5O3. The summed E-state index contributed by atoms with van der Waals surface area (Å²) in [5, 5.41) is 5.58. The Morgan fingerprint density at radius 3 is 2.80 bits per heavy atom. The summed E-state index contributed by atoms with van der Waals surface area (Å²) in [5.74, 6) is -0.00275. The summed E-state index contributed by atoms with van der Waals surface area (Å²) in [6.07, 6.45) is 0.750. The first-order valence-corrected chi connectivity index (χ1v) is 8.55. The third-order valence-electron chi connectivity index (χ3n) is 4.64. The standard InChI is InChI=1S/C17H23N5O3/c1-21(13-5-6-15(23)20-17(13)25)16(24)11-12-3-2-4-14(19-12)22-9-7-18-8-10-22/h2-4,13,18H,5-11H2,1H3,(H,20,23,25). The van der Waals surface area contributed by atoms with E-state index < -0.39 is 11.9 Å². The molecule has 0 radical (unpaired) electrons. The summed E-state index contributed by atoms with van der Waals surface area (Å²) in [6, 6.07) is 5.07.